The molecule has 0 atom stereocenters. The number of anilines is 1. The Morgan fingerprint density at radius 1 is 1.33 bits per heavy atom. The van der Waals surface area contributed by atoms with E-state index in [0.717, 1.165) is 0 Å². The van der Waals surface area contributed by atoms with E-state index in [0.29, 0.717) is 5.69 Å². The number of aromatic nitrogens is 2. The molecule has 0 spiro atoms. The summed E-state index contributed by atoms with van der Waals surface area (Å²) in [5.74, 6) is -0.587. The minimum Gasteiger partial charge on any atom is -0.394 e. The van der Waals surface area contributed by atoms with Gasteiger partial charge in [-0.25, -0.2) is 4.98 Å². The maximum Gasteiger partial charge on any atom is 0.278 e. The average molecular weight is 205 g/mol. The van der Waals surface area contributed by atoms with Crippen molar-refractivity contribution in [3.8, 4) is 5.69 Å². The summed E-state index contributed by atoms with van der Waals surface area (Å²) in [6.45, 7) is 0. The molecule has 2 aromatic heterocycles. The summed E-state index contributed by atoms with van der Waals surface area (Å²) >= 11 is 0. The van der Waals surface area contributed by atoms with Crippen LogP contribution in [0.2, 0.25) is 0 Å². The smallest absolute Gasteiger partial charge is 0.278 e. The first-order valence-corrected chi connectivity index (χ1v) is 4.27. The Labute approximate surface area is 84.8 Å². The monoisotopic (exact) mass is 205 g/mol. The lowest BCUT2D eigenvalue weighted by molar-refractivity contribution is 0.583. The van der Waals surface area contributed by atoms with E-state index >= 15 is 0 Å². The Morgan fingerprint density at radius 2 is 2.13 bits per heavy atom. The van der Waals surface area contributed by atoms with Gasteiger partial charge in [0.25, 0.3) is 5.56 Å². The van der Waals surface area contributed by atoms with Crippen LogP contribution in [-0.2, 0) is 0 Å². The lowest BCUT2D eigenvalue weighted by Crippen LogP contribution is -2.20. The highest BCUT2D eigenvalue weighted by Crippen LogP contribution is 2.04. The van der Waals surface area contributed by atoms with Crippen LogP contribution in [0, 0.1) is 5.95 Å². The van der Waals surface area contributed by atoms with Crippen LogP contribution in [0.25, 0.3) is 5.69 Å². The maximum absolute atomic E-state index is 12.6. The Balaban J connectivity index is 2.59. The average Bonchev–Trinajstić information content (AvgIpc) is 2.24. The van der Waals surface area contributed by atoms with Gasteiger partial charge in [-0.3, -0.25) is 9.36 Å². The molecule has 2 N–H and O–H groups in total. The zero-order chi connectivity index (χ0) is 10.8. The first-order chi connectivity index (χ1) is 7.18. The minimum atomic E-state index is -0.587. The molecule has 4 nitrogen and oxygen atoms in total. The molecule has 2 aromatic rings. The summed E-state index contributed by atoms with van der Waals surface area (Å²) in [4.78, 5) is 15.0. The molecule has 0 aliphatic carbocycles. The Morgan fingerprint density at radius 3 is 2.80 bits per heavy atom. The molecule has 0 saturated carbocycles. The molecule has 15 heavy (non-hydrogen) atoms. The molecular weight excluding hydrogens is 197 g/mol. The number of rotatable bonds is 1. The van der Waals surface area contributed by atoms with Gasteiger partial charge in [0, 0.05) is 6.20 Å². The van der Waals surface area contributed by atoms with Gasteiger partial charge in [0.1, 0.15) is 0 Å². The van der Waals surface area contributed by atoms with Gasteiger partial charge < -0.3 is 5.73 Å². The largest absolute Gasteiger partial charge is 0.394 e. The lowest BCUT2D eigenvalue weighted by atomic mass is 10.3. The van der Waals surface area contributed by atoms with Crippen LogP contribution in [0.5, 0.6) is 0 Å². The van der Waals surface area contributed by atoms with E-state index in [9.17, 15) is 9.18 Å². The van der Waals surface area contributed by atoms with Crippen molar-refractivity contribution >= 4 is 5.69 Å². The van der Waals surface area contributed by atoms with E-state index in [1.807, 2.05) is 0 Å². The van der Waals surface area contributed by atoms with Gasteiger partial charge in [0.15, 0.2) is 0 Å². The molecule has 0 bridgehead atoms. The van der Waals surface area contributed by atoms with Gasteiger partial charge in [0.05, 0.1) is 17.6 Å². The summed E-state index contributed by atoms with van der Waals surface area (Å²) in [6, 6.07) is 5.80. The third-order valence-corrected chi connectivity index (χ3v) is 1.97. The minimum absolute atomic E-state index is 0.141. The molecule has 0 aliphatic heterocycles. The molecule has 0 aliphatic rings. The number of pyridine rings is 2. The molecule has 0 amide bonds. The second-order valence-corrected chi connectivity index (χ2v) is 2.98. The SMILES string of the molecule is Nc1cccn(-c2ccc(F)nc2)c1=O. The van der Waals surface area contributed by atoms with Gasteiger partial charge in [-0.2, -0.15) is 4.39 Å². The number of nitrogens with two attached hydrogens (primary N) is 1. The van der Waals surface area contributed by atoms with Crippen LogP contribution >= 0.6 is 0 Å². The maximum atomic E-state index is 12.6. The zero-order valence-corrected chi connectivity index (χ0v) is 7.72. The van der Waals surface area contributed by atoms with Crippen LogP contribution in [-0.4, -0.2) is 9.55 Å². The highest BCUT2D eigenvalue weighted by Gasteiger charge is 2.02. The van der Waals surface area contributed by atoms with Gasteiger partial charge in [-0.15, -0.1) is 0 Å². The number of hydrogen-bond acceptors (Lipinski definition) is 3. The predicted molar refractivity (Wildman–Crippen MR) is 54.2 cm³/mol. The number of nitrogen functional groups attached to an aromatic ring is 1. The molecular formula is C10H8FN3O. The van der Waals surface area contributed by atoms with E-state index in [1.165, 1.54) is 29.0 Å². The molecule has 0 fully saturated rings. The number of hydrogen-bond donors (Lipinski definition) is 1. The van der Waals surface area contributed by atoms with Crippen molar-refractivity contribution in [1.82, 2.24) is 9.55 Å². The summed E-state index contributed by atoms with van der Waals surface area (Å²) in [5, 5.41) is 0. The van der Waals surface area contributed by atoms with Crippen molar-refractivity contribution in [2.24, 2.45) is 0 Å². The Hall–Kier alpha value is -2.17. The third-order valence-electron chi connectivity index (χ3n) is 1.97. The molecule has 0 radical (unpaired) electrons. The fourth-order valence-electron chi connectivity index (χ4n) is 1.22. The lowest BCUT2D eigenvalue weighted by Gasteiger charge is -2.04. The first-order valence-electron chi connectivity index (χ1n) is 4.27. The van der Waals surface area contributed by atoms with E-state index in [1.54, 1.807) is 12.3 Å². The first kappa shape index (κ1) is 9.39. The Bertz CT molecular complexity index is 533. The fourth-order valence-corrected chi connectivity index (χ4v) is 1.22. The van der Waals surface area contributed by atoms with Gasteiger partial charge in [0.2, 0.25) is 5.95 Å². The van der Waals surface area contributed by atoms with Crippen LogP contribution < -0.4 is 11.3 Å². The summed E-state index contributed by atoms with van der Waals surface area (Å²) in [7, 11) is 0. The zero-order valence-electron chi connectivity index (χ0n) is 7.72. The molecule has 0 unspecified atom stereocenters. The van der Waals surface area contributed by atoms with E-state index in [2.05, 4.69) is 4.98 Å². The summed E-state index contributed by atoms with van der Waals surface area (Å²) in [6.07, 6.45) is 2.82. The normalized spacial score (nSPS) is 10.2. The van der Waals surface area contributed by atoms with Crippen molar-refractivity contribution in [1.29, 1.82) is 0 Å². The quantitative estimate of drug-likeness (QED) is 0.705. The van der Waals surface area contributed by atoms with E-state index < -0.39 is 5.95 Å². The molecule has 76 valence electrons. The number of halogens is 1. The van der Waals surface area contributed by atoms with E-state index in [4.69, 9.17) is 5.73 Å². The second-order valence-electron chi connectivity index (χ2n) is 2.98. The highest BCUT2D eigenvalue weighted by atomic mass is 19.1. The van der Waals surface area contributed by atoms with Crippen LogP contribution in [0.1, 0.15) is 0 Å². The molecule has 2 heterocycles. The molecule has 5 heteroatoms. The second kappa shape index (κ2) is 3.53. The number of nitrogens with zero attached hydrogens (tertiary/aromatic N) is 2. The van der Waals surface area contributed by atoms with Gasteiger partial charge >= 0.3 is 0 Å². The molecule has 2 rings (SSSR count). The van der Waals surface area contributed by atoms with Crippen molar-refractivity contribution in [3.63, 3.8) is 0 Å². The topological polar surface area (TPSA) is 60.9 Å². The van der Waals surface area contributed by atoms with Crippen molar-refractivity contribution in [3.05, 3.63) is 53.0 Å². The standard InChI is InChI=1S/C10H8FN3O/c11-9-4-3-7(6-13-9)14-5-1-2-8(12)10(14)15/h1-6H,12H2. The predicted octanol–water partition coefficient (Wildman–Crippen LogP) is 0.954. The van der Waals surface area contributed by atoms with E-state index in [-0.39, 0.29) is 11.2 Å². The van der Waals surface area contributed by atoms with Crippen molar-refractivity contribution in [2.45, 2.75) is 0 Å². The fraction of sp³-hybridized carbons (Fsp3) is 0. The van der Waals surface area contributed by atoms with Crippen LogP contribution in [0.15, 0.2) is 41.5 Å². The highest BCUT2D eigenvalue weighted by molar-refractivity contribution is 5.38. The molecule has 0 saturated heterocycles. The van der Waals surface area contributed by atoms with Crippen LogP contribution in [0.4, 0.5) is 10.1 Å². The van der Waals surface area contributed by atoms with Crippen LogP contribution in [0.3, 0.4) is 0 Å². The van der Waals surface area contributed by atoms with Gasteiger partial charge in [-0.05, 0) is 24.3 Å². The summed E-state index contributed by atoms with van der Waals surface area (Å²) in [5.41, 5.74) is 5.74. The Kier molecular flexibility index (Phi) is 2.21. The molecule has 0 aromatic carbocycles. The summed E-state index contributed by atoms with van der Waals surface area (Å²) < 4.78 is 13.9. The van der Waals surface area contributed by atoms with Gasteiger partial charge in [-0.1, -0.05) is 0 Å². The van der Waals surface area contributed by atoms with Crippen molar-refractivity contribution < 1.29 is 4.39 Å². The van der Waals surface area contributed by atoms with Crippen molar-refractivity contribution in [2.75, 3.05) is 5.73 Å². The third kappa shape index (κ3) is 1.71.